The van der Waals surface area contributed by atoms with Crippen LogP contribution in [-0.2, 0) is 4.79 Å². The second-order valence-electron chi connectivity index (χ2n) is 4.71. The zero-order valence-electron chi connectivity index (χ0n) is 10.8. The van der Waals surface area contributed by atoms with Gasteiger partial charge >= 0.3 is 0 Å². The number of nitrogens with zero attached hydrogens (tertiary/aromatic N) is 1. The van der Waals surface area contributed by atoms with Crippen molar-refractivity contribution in [3.8, 4) is 0 Å². The van der Waals surface area contributed by atoms with Gasteiger partial charge in [-0.2, -0.15) is 0 Å². The maximum atomic E-state index is 12.2. The molecule has 1 N–H and O–H groups in total. The normalized spacial score (nSPS) is 14.7. The zero-order valence-corrected chi connectivity index (χ0v) is 10.8. The Morgan fingerprint density at radius 3 is 2.44 bits per heavy atom. The monoisotopic (exact) mass is 246 g/mol. The number of rotatable bonds is 2. The van der Waals surface area contributed by atoms with Crippen LogP contribution >= 0.6 is 0 Å². The Morgan fingerprint density at radius 1 is 1.22 bits per heavy atom. The van der Waals surface area contributed by atoms with Crippen molar-refractivity contribution in [1.29, 1.82) is 0 Å². The summed E-state index contributed by atoms with van der Waals surface area (Å²) >= 11 is 0. The summed E-state index contributed by atoms with van der Waals surface area (Å²) in [4.78, 5) is 25.1. The van der Waals surface area contributed by atoms with Crippen molar-refractivity contribution in [2.24, 2.45) is 0 Å². The molecule has 2 rings (SSSR count). The van der Waals surface area contributed by atoms with Gasteiger partial charge in [-0.15, -0.1) is 0 Å². The fourth-order valence-electron chi connectivity index (χ4n) is 2.23. The topological polar surface area (TPSA) is 49.4 Å². The van der Waals surface area contributed by atoms with Crippen molar-refractivity contribution in [1.82, 2.24) is 4.90 Å². The van der Waals surface area contributed by atoms with Gasteiger partial charge in [0.25, 0.3) is 5.91 Å². The summed E-state index contributed by atoms with van der Waals surface area (Å²) in [6, 6.07) is 5.41. The molecule has 0 aliphatic carbocycles. The van der Waals surface area contributed by atoms with Crippen molar-refractivity contribution < 1.29 is 9.59 Å². The average molecular weight is 246 g/mol. The first-order valence-corrected chi connectivity index (χ1v) is 6.25. The fraction of sp³-hybridized carbons (Fsp3) is 0.429. The SMILES string of the molecule is CC(=O)Nc1ccc(C(=O)N2CCCC2)cc1C. The van der Waals surface area contributed by atoms with E-state index < -0.39 is 0 Å². The van der Waals surface area contributed by atoms with E-state index in [2.05, 4.69) is 5.32 Å². The first-order valence-electron chi connectivity index (χ1n) is 6.25. The number of hydrogen-bond acceptors (Lipinski definition) is 2. The largest absolute Gasteiger partial charge is 0.339 e. The summed E-state index contributed by atoms with van der Waals surface area (Å²) in [5, 5.41) is 2.74. The summed E-state index contributed by atoms with van der Waals surface area (Å²) in [5.41, 5.74) is 2.37. The van der Waals surface area contributed by atoms with Gasteiger partial charge in [-0.3, -0.25) is 9.59 Å². The highest BCUT2D eigenvalue weighted by Crippen LogP contribution is 2.19. The molecule has 1 aliphatic heterocycles. The first-order chi connectivity index (χ1) is 8.58. The Balaban J connectivity index is 2.17. The quantitative estimate of drug-likeness (QED) is 0.869. The van der Waals surface area contributed by atoms with Crippen LogP contribution in [0.1, 0.15) is 35.7 Å². The van der Waals surface area contributed by atoms with Crippen molar-refractivity contribution >= 4 is 17.5 Å². The molecule has 4 heteroatoms. The van der Waals surface area contributed by atoms with Gasteiger partial charge in [-0.05, 0) is 43.5 Å². The molecule has 1 saturated heterocycles. The molecule has 4 nitrogen and oxygen atoms in total. The van der Waals surface area contributed by atoms with E-state index in [1.165, 1.54) is 6.92 Å². The van der Waals surface area contributed by atoms with E-state index in [0.717, 1.165) is 37.2 Å². The standard InChI is InChI=1S/C14H18N2O2/c1-10-9-12(5-6-13(10)15-11(2)17)14(18)16-7-3-4-8-16/h5-6,9H,3-4,7-8H2,1-2H3,(H,15,17). The van der Waals surface area contributed by atoms with Gasteiger partial charge in [0.2, 0.25) is 5.91 Å². The van der Waals surface area contributed by atoms with Crippen molar-refractivity contribution in [2.75, 3.05) is 18.4 Å². The van der Waals surface area contributed by atoms with Crippen LogP contribution in [-0.4, -0.2) is 29.8 Å². The summed E-state index contributed by atoms with van der Waals surface area (Å²) < 4.78 is 0. The minimum atomic E-state index is -0.100. The molecule has 0 radical (unpaired) electrons. The van der Waals surface area contributed by atoms with Crippen LogP contribution in [0.4, 0.5) is 5.69 Å². The zero-order chi connectivity index (χ0) is 13.1. The van der Waals surface area contributed by atoms with E-state index in [-0.39, 0.29) is 11.8 Å². The van der Waals surface area contributed by atoms with Crippen LogP contribution in [0, 0.1) is 6.92 Å². The number of carbonyl (C=O) groups excluding carboxylic acids is 2. The lowest BCUT2D eigenvalue weighted by Crippen LogP contribution is -2.27. The third kappa shape index (κ3) is 2.70. The molecule has 1 aromatic carbocycles. The van der Waals surface area contributed by atoms with E-state index in [4.69, 9.17) is 0 Å². The van der Waals surface area contributed by atoms with Crippen LogP contribution in [0.5, 0.6) is 0 Å². The molecule has 1 fully saturated rings. The lowest BCUT2D eigenvalue weighted by molar-refractivity contribution is -0.114. The van der Waals surface area contributed by atoms with E-state index >= 15 is 0 Å². The molecular formula is C14H18N2O2. The third-order valence-electron chi connectivity index (χ3n) is 3.18. The lowest BCUT2D eigenvalue weighted by atomic mass is 10.1. The van der Waals surface area contributed by atoms with Gasteiger partial charge in [0.15, 0.2) is 0 Å². The molecule has 1 aliphatic rings. The lowest BCUT2D eigenvalue weighted by Gasteiger charge is -2.16. The van der Waals surface area contributed by atoms with Crippen LogP contribution < -0.4 is 5.32 Å². The molecule has 0 saturated carbocycles. The molecule has 0 spiro atoms. The van der Waals surface area contributed by atoms with Crippen molar-refractivity contribution in [3.05, 3.63) is 29.3 Å². The van der Waals surface area contributed by atoms with Gasteiger partial charge < -0.3 is 10.2 Å². The molecule has 0 atom stereocenters. The highest BCUT2D eigenvalue weighted by atomic mass is 16.2. The summed E-state index contributed by atoms with van der Waals surface area (Å²) in [7, 11) is 0. The Kier molecular flexibility index (Phi) is 3.65. The average Bonchev–Trinajstić information content (AvgIpc) is 2.84. The number of aryl methyl sites for hydroxylation is 1. The maximum Gasteiger partial charge on any atom is 0.253 e. The molecule has 0 aromatic heterocycles. The molecule has 96 valence electrons. The number of amides is 2. The predicted molar refractivity (Wildman–Crippen MR) is 70.6 cm³/mol. The van der Waals surface area contributed by atoms with Crippen LogP contribution in [0.15, 0.2) is 18.2 Å². The van der Waals surface area contributed by atoms with Crippen molar-refractivity contribution in [3.63, 3.8) is 0 Å². The highest BCUT2D eigenvalue weighted by molar-refractivity contribution is 5.96. The van der Waals surface area contributed by atoms with Gasteiger partial charge in [-0.25, -0.2) is 0 Å². The van der Waals surface area contributed by atoms with Crippen LogP contribution in [0.25, 0.3) is 0 Å². The number of hydrogen-bond donors (Lipinski definition) is 1. The second kappa shape index (κ2) is 5.21. The number of benzene rings is 1. The van der Waals surface area contributed by atoms with Gasteiger partial charge in [0.1, 0.15) is 0 Å². The number of anilines is 1. The minimum Gasteiger partial charge on any atom is -0.339 e. The Labute approximate surface area is 107 Å². The molecule has 0 unspecified atom stereocenters. The molecule has 2 amide bonds. The maximum absolute atomic E-state index is 12.2. The summed E-state index contributed by atoms with van der Waals surface area (Å²) in [6.07, 6.45) is 2.18. The third-order valence-corrected chi connectivity index (χ3v) is 3.18. The minimum absolute atomic E-state index is 0.0879. The molecule has 1 aromatic rings. The van der Waals surface area contributed by atoms with Gasteiger partial charge in [-0.1, -0.05) is 0 Å². The van der Waals surface area contributed by atoms with E-state index in [1.54, 1.807) is 12.1 Å². The fourth-order valence-corrected chi connectivity index (χ4v) is 2.23. The molecule has 1 heterocycles. The van der Waals surface area contributed by atoms with E-state index in [0.29, 0.717) is 5.56 Å². The molecule has 18 heavy (non-hydrogen) atoms. The van der Waals surface area contributed by atoms with E-state index in [1.807, 2.05) is 17.9 Å². The Bertz CT molecular complexity index is 477. The smallest absolute Gasteiger partial charge is 0.253 e. The number of carbonyl (C=O) groups is 2. The van der Waals surface area contributed by atoms with Crippen molar-refractivity contribution in [2.45, 2.75) is 26.7 Å². The highest BCUT2D eigenvalue weighted by Gasteiger charge is 2.19. The van der Waals surface area contributed by atoms with Crippen LogP contribution in [0.2, 0.25) is 0 Å². The molecular weight excluding hydrogens is 228 g/mol. The summed E-state index contributed by atoms with van der Waals surface area (Å²) in [6.45, 7) is 5.07. The molecule has 0 bridgehead atoms. The van der Waals surface area contributed by atoms with E-state index in [9.17, 15) is 9.59 Å². The van der Waals surface area contributed by atoms with Crippen LogP contribution in [0.3, 0.4) is 0 Å². The Hall–Kier alpha value is -1.84. The first kappa shape index (κ1) is 12.6. The second-order valence-corrected chi connectivity index (χ2v) is 4.71. The Morgan fingerprint density at radius 2 is 1.89 bits per heavy atom. The van der Waals surface area contributed by atoms with Gasteiger partial charge in [0, 0.05) is 31.3 Å². The van der Waals surface area contributed by atoms with Gasteiger partial charge in [0.05, 0.1) is 0 Å². The predicted octanol–water partition coefficient (Wildman–Crippen LogP) is 2.19. The number of nitrogens with one attached hydrogen (secondary N) is 1. The number of likely N-dealkylation sites (tertiary alicyclic amines) is 1. The summed E-state index contributed by atoms with van der Waals surface area (Å²) in [5.74, 6) is -0.0123.